The first-order valence-corrected chi connectivity index (χ1v) is 8.40. The number of amides is 1. The van der Waals surface area contributed by atoms with Crippen LogP contribution in [0.5, 0.6) is 0 Å². The van der Waals surface area contributed by atoms with Crippen molar-refractivity contribution in [3.8, 4) is 0 Å². The van der Waals surface area contributed by atoms with Gasteiger partial charge in [0.1, 0.15) is 0 Å². The summed E-state index contributed by atoms with van der Waals surface area (Å²) in [5.74, 6) is -0.0585. The number of aromatic nitrogens is 1. The van der Waals surface area contributed by atoms with E-state index in [0.29, 0.717) is 11.3 Å². The van der Waals surface area contributed by atoms with Gasteiger partial charge in [-0.15, -0.1) is 0 Å². The van der Waals surface area contributed by atoms with Gasteiger partial charge in [0.25, 0.3) is 0 Å². The van der Waals surface area contributed by atoms with Gasteiger partial charge in [0.15, 0.2) is 12.4 Å². The Bertz CT molecular complexity index is 659. The molecule has 0 aliphatic rings. The first kappa shape index (κ1) is 17.9. The zero-order valence-corrected chi connectivity index (χ0v) is 14.1. The molecule has 5 heteroatoms. The van der Waals surface area contributed by atoms with Crippen molar-refractivity contribution in [1.29, 1.82) is 0 Å². The van der Waals surface area contributed by atoms with Gasteiger partial charge in [-0.25, -0.2) is 0 Å². The topological polar surface area (TPSA) is 68.1 Å². The third kappa shape index (κ3) is 6.38. The van der Waals surface area contributed by atoms with Gasteiger partial charge < -0.3 is 15.8 Å². The molecule has 1 aromatic carbocycles. The van der Waals surface area contributed by atoms with E-state index >= 15 is 0 Å². The Labute approximate surface area is 143 Å². The second kappa shape index (κ2) is 9.67. The smallest absolute Gasteiger partial charge is 0.224 e. The summed E-state index contributed by atoms with van der Waals surface area (Å²) in [5, 5.41) is 17.4. The zero-order valence-electron chi connectivity index (χ0n) is 14.1. The Morgan fingerprint density at radius 2 is 1.92 bits per heavy atom. The van der Waals surface area contributed by atoms with Gasteiger partial charge in [-0.3, -0.25) is 4.79 Å². The van der Waals surface area contributed by atoms with Gasteiger partial charge in [0, 0.05) is 24.7 Å². The Balaban J connectivity index is 1.58. The Kier molecular flexibility index (Phi) is 7.23. The summed E-state index contributed by atoms with van der Waals surface area (Å²) >= 11 is 0. The van der Waals surface area contributed by atoms with Gasteiger partial charge in [-0.05, 0) is 36.6 Å². The molecule has 128 valence electrons. The highest BCUT2D eigenvalue weighted by molar-refractivity contribution is 5.78. The van der Waals surface area contributed by atoms with Crippen LogP contribution in [0.3, 0.4) is 0 Å². The molecule has 0 unspecified atom stereocenters. The molecule has 2 rings (SSSR count). The van der Waals surface area contributed by atoms with Crippen molar-refractivity contribution in [1.82, 2.24) is 10.6 Å². The molecule has 0 aliphatic carbocycles. The summed E-state index contributed by atoms with van der Waals surface area (Å²) in [6.45, 7) is 4.48. The Morgan fingerprint density at radius 3 is 2.71 bits per heavy atom. The van der Waals surface area contributed by atoms with Crippen molar-refractivity contribution < 1.29 is 9.52 Å². The van der Waals surface area contributed by atoms with Crippen molar-refractivity contribution in [2.45, 2.75) is 32.7 Å². The lowest BCUT2D eigenvalue weighted by Crippen LogP contribution is -2.30. The van der Waals surface area contributed by atoms with Crippen LogP contribution in [0.2, 0.25) is 0 Å². The lowest BCUT2D eigenvalue weighted by molar-refractivity contribution is -0.605. The van der Waals surface area contributed by atoms with Crippen LogP contribution >= 0.6 is 0 Å². The first-order valence-electron chi connectivity index (χ1n) is 8.40. The molecule has 0 saturated heterocycles. The van der Waals surface area contributed by atoms with Crippen molar-refractivity contribution in [2.75, 3.05) is 13.1 Å². The molecule has 2 aromatic rings. The van der Waals surface area contributed by atoms with Crippen LogP contribution in [-0.4, -0.2) is 19.0 Å². The van der Waals surface area contributed by atoms with Crippen LogP contribution in [-0.2, 0) is 24.2 Å². The molecular weight excluding hydrogens is 302 g/mol. The van der Waals surface area contributed by atoms with E-state index in [1.807, 2.05) is 0 Å². The van der Waals surface area contributed by atoms with E-state index in [1.54, 1.807) is 12.1 Å². The number of rotatable bonds is 9. The largest absolute Gasteiger partial charge is 0.619 e. The van der Waals surface area contributed by atoms with Gasteiger partial charge in [-0.1, -0.05) is 31.2 Å². The molecule has 0 atom stereocenters. The molecular formula is C19H25N3O2. The fourth-order valence-corrected chi connectivity index (χ4v) is 2.49. The van der Waals surface area contributed by atoms with E-state index in [4.69, 9.17) is 0 Å². The standard InChI is InChI=1S/C19H25N3O2/c1-2-16-6-3-7-17(12-16)14-20-9-5-10-21-19(23)13-18-8-4-11-22(24)15-18/h3-4,6-8,11-12,15,20H,2,5,9-10,13-14H2,1H3,(H,21,23). The number of carbonyl (C=O) groups is 1. The van der Waals surface area contributed by atoms with E-state index in [2.05, 4.69) is 41.8 Å². The zero-order chi connectivity index (χ0) is 17.2. The number of benzene rings is 1. The van der Waals surface area contributed by atoms with Gasteiger partial charge in [0.2, 0.25) is 5.91 Å². The molecule has 2 N–H and O–H groups in total. The number of carbonyl (C=O) groups excluding carboxylic acids is 1. The number of pyridine rings is 1. The molecule has 1 aromatic heterocycles. The first-order chi connectivity index (χ1) is 11.7. The van der Waals surface area contributed by atoms with Gasteiger partial charge in [0.05, 0.1) is 6.42 Å². The SMILES string of the molecule is CCc1cccc(CNCCCNC(=O)Cc2ccc[n+]([O-])c2)c1. The van der Waals surface area contributed by atoms with Crippen LogP contribution in [0.1, 0.15) is 30.0 Å². The summed E-state index contributed by atoms with van der Waals surface area (Å²) in [6.07, 6.45) is 4.98. The maximum atomic E-state index is 11.8. The molecule has 0 radical (unpaired) electrons. The maximum absolute atomic E-state index is 11.8. The summed E-state index contributed by atoms with van der Waals surface area (Å²) in [4.78, 5) is 11.8. The third-order valence-electron chi connectivity index (χ3n) is 3.78. The monoisotopic (exact) mass is 327 g/mol. The molecule has 0 bridgehead atoms. The second-order valence-corrected chi connectivity index (χ2v) is 5.80. The molecule has 5 nitrogen and oxygen atoms in total. The Hall–Kier alpha value is -2.40. The number of hydrogen-bond donors (Lipinski definition) is 2. The maximum Gasteiger partial charge on any atom is 0.224 e. The van der Waals surface area contributed by atoms with Crippen LogP contribution in [0.15, 0.2) is 48.8 Å². The van der Waals surface area contributed by atoms with Crippen molar-refractivity contribution >= 4 is 5.91 Å². The van der Waals surface area contributed by atoms with Gasteiger partial charge in [-0.2, -0.15) is 4.73 Å². The predicted molar refractivity (Wildman–Crippen MR) is 94.3 cm³/mol. The minimum absolute atomic E-state index is 0.0585. The highest BCUT2D eigenvalue weighted by Gasteiger charge is 2.05. The average Bonchev–Trinajstić information content (AvgIpc) is 2.58. The minimum Gasteiger partial charge on any atom is -0.619 e. The minimum atomic E-state index is -0.0585. The van der Waals surface area contributed by atoms with Crippen LogP contribution in [0, 0.1) is 5.21 Å². The lowest BCUT2D eigenvalue weighted by Gasteiger charge is -2.08. The summed E-state index contributed by atoms with van der Waals surface area (Å²) in [5.41, 5.74) is 3.36. The van der Waals surface area contributed by atoms with E-state index < -0.39 is 0 Å². The molecule has 24 heavy (non-hydrogen) atoms. The summed E-state index contributed by atoms with van der Waals surface area (Å²) in [7, 11) is 0. The highest BCUT2D eigenvalue weighted by Crippen LogP contribution is 2.05. The molecule has 0 fully saturated rings. The highest BCUT2D eigenvalue weighted by atomic mass is 16.5. The van der Waals surface area contributed by atoms with Crippen molar-refractivity contribution in [3.63, 3.8) is 0 Å². The number of hydrogen-bond acceptors (Lipinski definition) is 3. The average molecular weight is 327 g/mol. The fourth-order valence-electron chi connectivity index (χ4n) is 2.49. The van der Waals surface area contributed by atoms with Crippen LogP contribution in [0.4, 0.5) is 0 Å². The van der Waals surface area contributed by atoms with E-state index in [1.165, 1.54) is 23.5 Å². The predicted octanol–water partition coefficient (Wildman–Crippen LogP) is 1.72. The molecule has 1 heterocycles. The van der Waals surface area contributed by atoms with Gasteiger partial charge >= 0.3 is 0 Å². The number of nitrogens with one attached hydrogen (secondary N) is 2. The van der Waals surface area contributed by atoms with Crippen molar-refractivity contribution in [2.24, 2.45) is 0 Å². The van der Waals surface area contributed by atoms with Crippen molar-refractivity contribution in [3.05, 3.63) is 70.7 Å². The lowest BCUT2D eigenvalue weighted by atomic mass is 10.1. The van der Waals surface area contributed by atoms with E-state index in [-0.39, 0.29) is 12.3 Å². The van der Waals surface area contributed by atoms with E-state index in [9.17, 15) is 10.0 Å². The number of aryl methyl sites for hydroxylation is 1. The summed E-state index contributed by atoms with van der Waals surface area (Å²) < 4.78 is 0.708. The Morgan fingerprint density at radius 1 is 1.12 bits per heavy atom. The molecule has 0 spiro atoms. The summed E-state index contributed by atoms with van der Waals surface area (Å²) in [6, 6.07) is 12.0. The van der Waals surface area contributed by atoms with Crippen LogP contribution < -0.4 is 15.4 Å². The molecule has 0 aliphatic heterocycles. The number of nitrogens with zero attached hydrogens (tertiary/aromatic N) is 1. The quantitative estimate of drug-likeness (QED) is 0.419. The van der Waals surface area contributed by atoms with E-state index in [0.717, 1.165) is 31.5 Å². The van der Waals surface area contributed by atoms with Crippen LogP contribution in [0.25, 0.3) is 0 Å². The normalized spacial score (nSPS) is 10.5. The third-order valence-corrected chi connectivity index (χ3v) is 3.78. The fraction of sp³-hybridized carbons (Fsp3) is 0.368. The molecule has 1 amide bonds. The molecule has 0 saturated carbocycles. The second-order valence-electron chi connectivity index (χ2n) is 5.80.